The maximum atomic E-state index is 13.0. The van der Waals surface area contributed by atoms with E-state index in [1.807, 2.05) is 6.92 Å². The van der Waals surface area contributed by atoms with Crippen molar-refractivity contribution >= 4 is 17.3 Å². The van der Waals surface area contributed by atoms with Crippen LogP contribution in [0.3, 0.4) is 0 Å². The molecule has 0 aliphatic rings. The van der Waals surface area contributed by atoms with Gasteiger partial charge in [-0.15, -0.1) is 11.3 Å². The summed E-state index contributed by atoms with van der Waals surface area (Å²) in [6, 6.07) is 6.21. The standard InChI is InChI=1S/C15H15FO3S/c1-3-12-7-13(14(20-12)15(17)18)19-8-10-4-5-11(16)6-9(10)2/h4-7H,3,8H2,1-2H3,(H,17,18). The summed E-state index contributed by atoms with van der Waals surface area (Å²) in [5.74, 6) is -0.898. The van der Waals surface area contributed by atoms with E-state index in [0.29, 0.717) is 5.75 Å². The molecule has 5 heteroatoms. The first-order chi connectivity index (χ1) is 9.51. The summed E-state index contributed by atoms with van der Waals surface area (Å²) < 4.78 is 18.6. The Labute approximate surface area is 120 Å². The summed E-state index contributed by atoms with van der Waals surface area (Å²) in [5.41, 5.74) is 1.62. The molecule has 20 heavy (non-hydrogen) atoms. The van der Waals surface area contributed by atoms with Gasteiger partial charge in [0.15, 0.2) is 4.88 Å². The highest BCUT2D eigenvalue weighted by molar-refractivity contribution is 7.14. The first kappa shape index (κ1) is 14.5. The van der Waals surface area contributed by atoms with E-state index >= 15 is 0 Å². The van der Waals surface area contributed by atoms with Crippen LogP contribution in [-0.2, 0) is 13.0 Å². The molecule has 2 rings (SSSR count). The molecule has 2 aromatic rings. The van der Waals surface area contributed by atoms with E-state index in [1.165, 1.54) is 23.5 Å². The van der Waals surface area contributed by atoms with Crippen molar-refractivity contribution in [3.63, 3.8) is 0 Å². The SMILES string of the molecule is CCc1cc(OCc2ccc(F)cc2C)c(C(=O)O)s1. The molecule has 0 radical (unpaired) electrons. The Morgan fingerprint density at radius 2 is 2.15 bits per heavy atom. The third kappa shape index (κ3) is 3.17. The van der Waals surface area contributed by atoms with Crippen molar-refractivity contribution in [2.45, 2.75) is 26.9 Å². The number of carboxylic acid groups (broad SMARTS) is 1. The van der Waals surface area contributed by atoms with Crippen molar-refractivity contribution in [2.24, 2.45) is 0 Å². The normalized spacial score (nSPS) is 10.6. The minimum Gasteiger partial charge on any atom is -0.487 e. The molecular weight excluding hydrogens is 279 g/mol. The van der Waals surface area contributed by atoms with E-state index in [0.717, 1.165) is 22.4 Å². The smallest absolute Gasteiger partial charge is 0.349 e. The summed E-state index contributed by atoms with van der Waals surface area (Å²) in [5, 5.41) is 9.14. The van der Waals surface area contributed by atoms with Crippen molar-refractivity contribution in [3.8, 4) is 5.75 Å². The predicted molar refractivity (Wildman–Crippen MR) is 76.1 cm³/mol. The Morgan fingerprint density at radius 3 is 2.75 bits per heavy atom. The van der Waals surface area contributed by atoms with Crippen LogP contribution < -0.4 is 4.74 Å². The van der Waals surface area contributed by atoms with Gasteiger partial charge in [-0.3, -0.25) is 0 Å². The predicted octanol–water partition coefficient (Wildman–Crippen LogP) is 4.04. The highest BCUT2D eigenvalue weighted by Crippen LogP contribution is 2.30. The summed E-state index contributed by atoms with van der Waals surface area (Å²) in [4.78, 5) is 12.3. The number of carbonyl (C=O) groups is 1. The highest BCUT2D eigenvalue weighted by Gasteiger charge is 2.16. The minimum atomic E-state index is -0.986. The van der Waals surface area contributed by atoms with Gasteiger partial charge in [0.2, 0.25) is 0 Å². The Hall–Kier alpha value is -1.88. The lowest BCUT2D eigenvalue weighted by atomic mass is 10.1. The number of aryl methyl sites for hydroxylation is 2. The topological polar surface area (TPSA) is 46.5 Å². The fraction of sp³-hybridized carbons (Fsp3) is 0.267. The van der Waals surface area contributed by atoms with Gasteiger partial charge in [-0.1, -0.05) is 13.0 Å². The van der Waals surface area contributed by atoms with Crippen LogP contribution in [0.15, 0.2) is 24.3 Å². The molecule has 3 nitrogen and oxygen atoms in total. The highest BCUT2D eigenvalue weighted by atomic mass is 32.1. The van der Waals surface area contributed by atoms with E-state index < -0.39 is 5.97 Å². The fourth-order valence-electron chi connectivity index (χ4n) is 1.83. The average molecular weight is 294 g/mol. The molecule has 0 fully saturated rings. The van der Waals surface area contributed by atoms with Crippen molar-refractivity contribution in [2.75, 3.05) is 0 Å². The van der Waals surface area contributed by atoms with Gasteiger partial charge in [-0.2, -0.15) is 0 Å². The first-order valence-corrected chi connectivity index (χ1v) is 7.06. The molecule has 0 spiro atoms. The van der Waals surface area contributed by atoms with Crippen molar-refractivity contribution in [1.82, 2.24) is 0 Å². The lowest BCUT2D eigenvalue weighted by Gasteiger charge is -2.08. The van der Waals surface area contributed by atoms with Gasteiger partial charge in [-0.25, -0.2) is 9.18 Å². The van der Waals surface area contributed by atoms with E-state index in [-0.39, 0.29) is 17.3 Å². The molecular formula is C15H15FO3S. The Bertz CT molecular complexity index is 634. The number of hydrogen-bond acceptors (Lipinski definition) is 3. The van der Waals surface area contributed by atoms with Gasteiger partial charge in [0.05, 0.1) is 0 Å². The number of thiophene rings is 1. The molecule has 0 saturated heterocycles. The second kappa shape index (κ2) is 6.05. The summed E-state index contributed by atoms with van der Waals surface area (Å²) >= 11 is 1.22. The molecule has 1 N–H and O–H groups in total. The molecule has 1 aromatic heterocycles. The van der Waals surface area contributed by atoms with Gasteiger partial charge in [0, 0.05) is 4.88 Å². The maximum absolute atomic E-state index is 13.0. The lowest BCUT2D eigenvalue weighted by Crippen LogP contribution is -2.01. The Morgan fingerprint density at radius 1 is 1.40 bits per heavy atom. The molecule has 0 amide bonds. The van der Waals surface area contributed by atoms with Gasteiger partial charge in [0.25, 0.3) is 0 Å². The molecule has 106 valence electrons. The molecule has 0 saturated carbocycles. The van der Waals surface area contributed by atoms with E-state index in [4.69, 9.17) is 9.84 Å². The number of aromatic carboxylic acids is 1. The minimum absolute atomic E-state index is 0.210. The zero-order valence-electron chi connectivity index (χ0n) is 11.3. The second-order valence-electron chi connectivity index (χ2n) is 4.42. The molecule has 1 heterocycles. The lowest BCUT2D eigenvalue weighted by molar-refractivity contribution is 0.0697. The van der Waals surface area contributed by atoms with Crippen LogP contribution in [0.4, 0.5) is 4.39 Å². The number of halogens is 1. The van der Waals surface area contributed by atoms with Crippen LogP contribution >= 0.6 is 11.3 Å². The van der Waals surface area contributed by atoms with Gasteiger partial charge in [-0.05, 0) is 42.7 Å². The molecule has 0 bridgehead atoms. The number of benzene rings is 1. The zero-order chi connectivity index (χ0) is 14.7. The number of carboxylic acids is 1. The maximum Gasteiger partial charge on any atom is 0.349 e. The molecule has 0 atom stereocenters. The average Bonchev–Trinajstić information content (AvgIpc) is 2.81. The quantitative estimate of drug-likeness (QED) is 0.905. The van der Waals surface area contributed by atoms with Crippen LogP contribution in [0.25, 0.3) is 0 Å². The van der Waals surface area contributed by atoms with Crippen molar-refractivity contribution in [3.05, 3.63) is 51.0 Å². The number of hydrogen-bond donors (Lipinski definition) is 1. The summed E-state index contributed by atoms with van der Waals surface area (Å²) in [6.45, 7) is 3.99. The summed E-state index contributed by atoms with van der Waals surface area (Å²) in [7, 11) is 0. The Balaban J connectivity index is 2.18. The van der Waals surface area contributed by atoms with Crippen LogP contribution in [0.2, 0.25) is 0 Å². The third-order valence-electron chi connectivity index (χ3n) is 2.98. The van der Waals surface area contributed by atoms with Gasteiger partial charge < -0.3 is 9.84 Å². The number of ether oxygens (including phenoxy) is 1. The Kier molecular flexibility index (Phi) is 4.39. The van der Waals surface area contributed by atoms with Crippen LogP contribution in [-0.4, -0.2) is 11.1 Å². The first-order valence-electron chi connectivity index (χ1n) is 6.25. The molecule has 0 unspecified atom stereocenters. The van der Waals surface area contributed by atoms with E-state index in [2.05, 4.69) is 0 Å². The molecule has 0 aliphatic heterocycles. The second-order valence-corrected chi connectivity index (χ2v) is 5.56. The van der Waals surface area contributed by atoms with Gasteiger partial charge >= 0.3 is 5.97 Å². The molecule has 0 aliphatic carbocycles. The van der Waals surface area contributed by atoms with Crippen molar-refractivity contribution in [1.29, 1.82) is 0 Å². The van der Waals surface area contributed by atoms with Gasteiger partial charge in [0.1, 0.15) is 18.2 Å². The van der Waals surface area contributed by atoms with Crippen LogP contribution in [0, 0.1) is 12.7 Å². The monoisotopic (exact) mass is 294 g/mol. The van der Waals surface area contributed by atoms with Crippen LogP contribution in [0.5, 0.6) is 5.75 Å². The number of rotatable bonds is 5. The fourth-order valence-corrected chi connectivity index (χ4v) is 2.71. The van der Waals surface area contributed by atoms with E-state index in [9.17, 15) is 9.18 Å². The van der Waals surface area contributed by atoms with Crippen molar-refractivity contribution < 1.29 is 19.0 Å². The largest absolute Gasteiger partial charge is 0.487 e. The summed E-state index contributed by atoms with van der Waals surface area (Å²) in [6.07, 6.45) is 0.768. The van der Waals surface area contributed by atoms with Crippen LogP contribution in [0.1, 0.15) is 32.6 Å². The zero-order valence-corrected chi connectivity index (χ0v) is 12.1. The third-order valence-corrected chi connectivity index (χ3v) is 4.23. The van der Waals surface area contributed by atoms with E-state index in [1.54, 1.807) is 19.1 Å². The molecule has 1 aromatic carbocycles.